The summed E-state index contributed by atoms with van der Waals surface area (Å²) in [6.45, 7) is 1.90. The molecule has 2 aromatic heterocycles. The van der Waals surface area contributed by atoms with Gasteiger partial charge in [-0.2, -0.15) is 4.98 Å². The molecule has 32 heavy (non-hydrogen) atoms. The van der Waals surface area contributed by atoms with Crippen LogP contribution in [0.5, 0.6) is 5.75 Å². The monoisotopic (exact) mass is 425 g/mol. The van der Waals surface area contributed by atoms with Crippen LogP contribution in [0, 0.1) is 6.92 Å². The number of rotatable bonds is 6. The minimum atomic E-state index is -0.388. The normalized spacial score (nSPS) is 10.9. The second-order valence-electron chi connectivity index (χ2n) is 7.14. The molecule has 0 unspecified atom stereocenters. The number of hydrogen-bond donors (Lipinski definition) is 1. The highest BCUT2D eigenvalue weighted by Gasteiger charge is 2.22. The molecule has 5 aromatic rings. The van der Waals surface area contributed by atoms with Gasteiger partial charge in [0, 0.05) is 23.4 Å². The molecule has 1 N–H and O–H groups in total. The van der Waals surface area contributed by atoms with Crippen LogP contribution in [-0.2, 0) is 6.61 Å². The van der Waals surface area contributed by atoms with Crippen molar-refractivity contribution >= 4 is 22.6 Å². The molecule has 0 aliphatic rings. The van der Waals surface area contributed by atoms with Gasteiger partial charge in [0.1, 0.15) is 17.9 Å². The molecule has 0 saturated heterocycles. The Labute approximate surface area is 183 Å². The van der Waals surface area contributed by atoms with Crippen molar-refractivity contribution in [2.45, 2.75) is 13.5 Å². The number of carbonyl (C=O) groups excluding carboxylic acids is 1. The average Bonchev–Trinajstić information content (AvgIpc) is 3.42. The number of para-hydroxylation sites is 3. The molecule has 0 spiro atoms. The smallest absolute Gasteiger partial charge is 0.291 e. The van der Waals surface area contributed by atoms with E-state index >= 15 is 0 Å². The maximum absolute atomic E-state index is 13.3. The Kier molecular flexibility index (Phi) is 5.13. The zero-order valence-corrected chi connectivity index (χ0v) is 17.2. The third-order valence-corrected chi connectivity index (χ3v) is 4.97. The maximum atomic E-state index is 13.3. The number of fused-ring (bicyclic) bond motifs is 1. The van der Waals surface area contributed by atoms with Crippen LogP contribution in [0.25, 0.3) is 22.4 Å². The van der Waals surface area contributed by atoms with Gasteiger partial charge in [0.25, 0.3) is 5.91 Å². The minimum absolute atomic E-state index is 0.190. The third-order valence-electron chi connectivity index (χ3n) is 4.97. The number of aromatic nitrogens is 2. The Morgan fingerprint density at radius 1 is 0.969 bits per heavy atom. The number of aryl methyl sites for hydroxylation is 1. The van der Waals surface area contributed by atoms with E-state index in [1.54, 1.807) is 13.0 Å². The lowest BCUT2D eigenvalue weighted by Crippen LogP contribution is -2.14. The molecule has 0 aliphatic heterocycles. The molecule has 0 bridgehead atoms. The number of amides is 1. The van der Waals surface area contributed by atoms with Crippen LogP contribution in [-0.4, -0.2) is 16.0 Å². The van der Waals surface area contributed by atoms with Crippen LogP contribution >= 0.6 is 0 Å². The molecule has 158 valence electrons. The highest BCUT2D eigenvalue weighted by Crippen LogP contribution is 2.30. The summed E-state index contributed by atoms with van der Waals surface area (Å²) in [5, 5.41) is 7.71. The zero-order chi connectivity index (χ0) is 21.9. The highest BCUT2D eigenvalue weighted by atomic mass is 16.5. The lowest BCUT2D eigenvalue weighted by molar-refractivity contribution is 0.0995. The fourth-order valence-electron chi connectivity index (χ4n) is 3.47. The van der Waals surface area contributed by atoms with E-state index in [0.29, 0.717) is 39.9 Å². The summed E-state index contributed by atoms with van der Waals surface area (Å²) in [5.41, 5.74) is 2.49. The van der Waals surface area contributed by atoms with Crippen LogP contribution in [0.2, 0.25) is 0 Å². The zero-order valence-electron chi connectivity index (χ0n) is 17.2. The second-order valence-corrected chi connectivity index (χ2v) is 7.14. The first-order valence-electron chi connectivity index (χ1n) is 10.1. The van der Waals surface area contributed by atoms with E-state index in [1.165, 1.54) is 0 Å². The van der Waals surface area contributed by atoms with E-state index in [9.17, 15) is 4.79 Å². The van der Waals surface area contributed by atoms with Crippen molar-refractivity contribution in [2.24, 2.45) is 0 Å². The average molecular weight is 425 g/mol. The largest absolute Gasteiger partial charge is 0.489 e. The highest BCUT2D eigenvalue weighted by molar-refractivity contribution is 6.07. The van der Waals surface area contributed by atoms with Gasteiger partial charge < -0.3 is 19.0 Å². The Hall–Kier alpha value is -4.39. The number of carbonyl (C=O) groups is 1. The van der Waals surface area contributed by atoms with Crippen molar-refractivity contribution in [1.82, 2.24) is 10.1 Å². The summed E-state index contributed by atoms with van der Waals surface area (Å²) in [7, 11) is 0. The first-order chi connectivity index (χ1) is 15.7. The molecular formula is C25H19N3O4. The van der Waals surface area contributed by atoms with Crippen molar-refractivity contribution in [2.75, 3.05) is 5.32 Å². The molecule has 0 radical (unpaired) electrons. The van der Waals surface area contributed by atoms with E-state index in [2.05, 4.69) is 15.5 Å². The van der Waals surface area contributed by atoms with Crippen LogP contribution < -0.4 is 10.1 Å². The molecule has 7 heteroatoms. The van der Waals surface area contributed by atoms with Gasteiger partial charge in [0.2, 0.25) is 11.7 Å². The van der Waals surface area contributed by atoms with Crippen molar-refractivity contribution in [3.63, 3.8) is 0 Å². The number of hydrogen-bond acceptors (Lipinski definition) is 6. The Morgan fingerprint density at radius 2 is 1.72 bits per heavy atom. The summed E-state index contributed by atoms with van der Waals surface area (Å²) in [4.78, 5) is 17.5. The van der Waals surface area contributed by atoms with Gasteiger partial charge in [-0.25, -0.2) is 0 Å². The van der Waals surface area contributed by atoms with E-state index in [-0.39, 0.29) is 18.3 Å². The lowest BCUT2D eigenvalue weighted by atomic mass is 10.1. The van der Waals surface area contributed by atoms with Gasteiger partial charge in [-0.15, -0.1) is 0 Å². The van der Waals surface area contributed by atoms with E-state index in [0.717, 1.165) is 5.39 Å². The number of anilines is 1. The van der Waals surface area contributed by atoms with Crippen molar-refractivity contribution < 1.29 is 18.5 Å². The fraction of sp³-hybridized carbons (Fsp3) is 0.0800. The molecular weight excluding hydrogens is 406 g/mol. The molecule has 7 nitrogen and oxygen atoms in total. The molecule has 3 aromatic carbocycles. The van der Waals surface area contributed by atoms with Gasteiger partial charge in [-0.1, -0.05) is 53.7 Å². The number of ether oxygens (including phenoxy) is 1. The van der Waals surface area contributed by atoms with E-state index in [4.69, 9.17) is 13.7 Å². The standard InChI is InChI=1S/C25H19N3O4/c1-16-26-24(28-32-16)19-12-5-7-13-21(19)27-25(29)23-20(15-30-17-9-3-2-4-10-17)18-11-6-8-14-22(18)31-23/h2-14H,15H2,1H3,(H,27,29). The molecule has 0 saturated carbocycles. The fourth-order valence-corrected chi connectivity index (χ4v) is 3.47. The minimum Gasteiger partial charge on any atom is -0.489 e. The first kappa shape index (κ1) is 19.6. The summed E-state index contributed by atoms with van der Waals surface area (Å²) >= 11 is 0. The van der Waals surface area contributed by atoms with Gasteiger partial charge in [-0.05, 0) is 30.3 Å². The van der Waals surface area contributed by atoms with Gasteiger partial charge in [0.05, 0.1) is 5.69 Å². The van der Waals surface area contributed by atoms with Gasteiger partial charge >= 0.3 is 0 Å². The van der Waals surface area contributed by atoms with Crippen molar-refractivity contribution in [3.8, 4) is 17.1 Å². The Bertz CT molecular complexity index is 1390. The number of benzene rings is 3. The molecule has 5 rings (SSSR count). The van der Waals surface area contributed by atoms with Crippen LogP contribution in [0.1, 0.15) is 22.0 Å². The summed E-state index contributed by atoms with van der Waals surface area (Å²) in [5.74, 6) is 1.36. The second kappa shape index (κ2) is 8.39. The predicted molar refractivity (Wildman–Crippen MR) is 119 cm³/mol. The number of furan rings is 1. The molecule has 0 atom stereocenters. The van der Waals surface area contributed by atoms with Crippen molar-refractivity contribution in [3.05, 3.63) is 96.1 Å². The third kappa shape index (κ3) is 3.83. The first-order valence-corrected chi connectivity index (χ1v) is 10.1. The number of nitrogens with one attached hydrogen (secondary N) is 1. The quantitative estimate of drug-likeness (QED) is 0.380. The molecule has 2 heterocycles. The van der Waals surface area contributed by atoms with Gasteiger partial charge in [-0.3, -0.25) is 4.79 Å². The SMILES string of the molecule is Cc1nc(-c2ccccc2NC(=O)c2oc3ccccc3c2COc2ccccc2)no1. The molecule has 1 amide bonds. The topological polar surface area (TPSA) is 90.4 Å². The van der Waals surface area contributed by atoms with Gasteiger partial charge in [0.15, 0.2) is 5.76 Å². The van der Waals surface area contributed by atoms with E-state index < -0.39 is 0 Å². The van der Waals surface area contributed by atoms with Crippen LogP contribution in [0.15, 0.2) is 87.8 Å². The maximum Gasteiger partial charge on any atom is 0.291 e. The van der Waals surface area contributed by atoms with E-state index in [1.807, 2.05) is 72.8 Å². The molecule has 0 fully saturated rings. The summed E-state index contributed by atoms with van der Waals surface area (Å²) in [6, 6.07) is 24.2. The van der Waals surface area contributed by atoms with Crippen LogP contribution in [0.4, 0.5) is 5.69 Å². The summed E-state index contributed by atoms with van der Waals surface area (Å²) < 4.78 is 16.9. The summed E-state index contributed by atoms with van der Waals surface area (Å²) in [6.07, 6.45) is 0. The van der Waals surface area contributed by atoms with Crippen LogP contribution in [0.3, 0.4) is 0 Å². The van der Waals surface area contributed by atoms with Crippen molar-refractivity contribution in [1.29, 1.82) is 0 Å². The molecule has 0 aliphatic carbocycles. The number of nitrogens with zero attached hydrogens (tertiary/aromatic N) is 2. The lowest BCUT2D eigenvalue weighted by Gasteiger charge is -2.09. The Morgan fingerprint density at radius 3 is 2.53 bits per heavy atom. The Balaban J connectivity index is 1.48. The predicted octanol–water partition coefficient (Wildman–Crippen LogP) is 5.62.